The van der Waals surface area contributed by atoms with Gasteiger partial charge < -0.3 is 19.3 Å². The molecule has 0 aliphatic heterocycles. The van der Waals surface area contributed by atoms with E-state index in [-0.39, 0.29) is 43.3 Å². The fourth-order valence-corrected chi connectivity index (χ4v) is 6.12. The van der Waals surface area contributed by atoms with E-state index in [1.807, 2.05) is 60.7 Å². The number of hydrogen-bond donors (Lipinski definition) is 1. The van der Waals surface area contributed by atoms with Gasteiger partial charge in [-0.05, 0) is 64.4 Å². The first-order valence-electron chi connectivity index (χ1n) is 14.2. The molecule has 1 atom stereocenters. The molecular formula is C36H30O7. The van der Waals surface area contributed by atoms with Crippen LogP contribution < -0.4 is 4.74 Å². The Morgan fingerprint density at radius 2 is 1.49 bits per heavy atom. The number of aliphatic carboxylic acids is 1. The lowest BCUT2D eigenvalue weighted by Crippen LogP contribution is -2.45. The predicted molar refractivity (Wildman–Crippen MR) is 160 cm³/mol. The Morgan fingerprint density at radius 3 is 2.19 bits per heavy atom. The van der Waals surface area contributed by atoms with Gasteiger partial charge in [0.25, 0.3) is 0 Å². The van der Waals surface area contributed by atoms with Crippen molar-refractivity contribution in [3.63, 3.8) is 0 Å². The minimum absolute atomic E-state index is 0.0348. The summed E-state index contributed by atoms with van der Waals surface area (Å²) >= 11 is 0. The van der Waals surface area contributed by atoms with Gasteiger partial charge in [0, 0.05) is 12.3 Å². The molecule has 0 unspecified atom stereocenters. The molecule has 6 rings (SSSR count). The highest BCUT2D eigenvalue weighted by molar-refractivity contribution is 6.00. The number of carbonyl (C=O) groups excluding carboxylic acids is 2. The van der Waals surface area contributed by atoms with Crippen LogP contribution in [0.5, 0.6) is 11.5 Å². The maximum atomic E-state index is 13.8. The van der Waals surface area contributed by atoms with E-state index in [9.17, 15) is 19.5 Å². The molecule has 4 aromatic rings. The summed E-state index contributed by atoms with van der Waals surface area (Å²) in [6.45, 7) is 3.65. The van der Waals surface area contributed by atoms with Crippen LogP contribution >= 0.6 is 0 Å². The number of carboxylic acid groups (broad SMARTS) is 1. The molecule has 43 heavy (non-hydrogen) atoms. The molecular weight excluding hydrogens is 544 g/mol. The average Bonchev–Trinajstić information content (AvgIpc) is 3.36. The number of carboxylic acids is 1. The summed E-state index contributed by atoms with van der Waals surface area (Å²) in [5.74, 6) is -2.13. The lowest BCUT2D eigenvalue weighted by molar-refractivity contribution is -0.170. The molecule has 1 N–H and O–H groups in total. The first-order valence-corrected chi connectivity index (χ1v) is 14.2. The number of benzene rings is 4. The summed E-state index contributed by atoms with van der Waals surface area (Å²) in [6, 6.07) is 28.1. The van der Waals surface area contributed by atoms with Crippen LogP contribution in [0.4, 0.5) is 0 Å². The summed E-state index contributed by atoms with van der Waals surface area (Å²) in [5.41, 5.74) is 4.20. The molecule has 0 bridgehead atoms. The zero-order valence-electron chi connectivity index (χ0n) is 23.5. The van der Waals surface area contributed by atoms with Gasteiger partial charge in [0.05, 0.1) is 0 Å². The smallest absolute Gasteiger partial charge is 0.342 e. The number of rotatable bonds is 9. The zero-order chi connectivity index (χ0) is 30.0. The van der Waals surface area contributed by atoms with Crippen LogP contribution in [0, 0.1) is 5.41 Å². The largest absolute Gasteiger partial charge is 0.480 e. The van der Waals surface area contributed by atoms with Crippen LogP contribution in [0.15, 0.2) is 104 Å². The predicted octanol–water partition coefficient (Wildman–Crippen LogP) is 6.74. The van der Waals surface area contributed by atoms with Crippen molar-refractivity contribution in [2.75, 3.05) is 13.2 Å². The van der Waals surface area contributed by atoms with Crippen LogP contribution in [0.3, 0.4) is 0 Å². The van der Waals surface area contributed by atoms with Crippen molar-refractivity contribution >= 4 is 17.9 Å². The van der Waals surface area contributed by atoms with Gasteiger partial charge in [-0.1, -0.05) is 85.5 Å². The molecule has 2 aliphatic rings. The SMILES string of the molecule is C=CCOC(=O)c1ccccc1Oc1cccc2c1C[C@@](C(=O)O)(C(=O)OCC1c3ccccc3-c3ccccc31)CC2. The lowest BCUT2D eigenvalue weighted by atomic mass is 9.71. The number of para-hydroxylation sites is 1. The Balaban J connectivity index is 1.26. The fourth-order valence-electron chi connectivity index (χ4n) is 6.12. The number of ether oxygens (including phenoxy) is 3. The summed E-state index contributed by atoms with van der Waals surface area (Å²) in [5, 5.41) is 10.5. The molecule has 0 aromatic heterocycles. The van der Waals surface area contributed by atoms with E-state index >= 15 is 0 Å². The van der Waals surface area contributed by atoms with Crippen molar-refractivity contribution in [1.29, 1.82) is 0 Å². The van der Waals surface area contributed by atoms with Crippen molar-refractivity contribution < 1.29 is 33.7 Å². The Bertz CT molecular complexity index is 1690. The quantitative estimate of drug-likeness (QED) is 0.134. The molecule has 0 saturated heterocycles. The number of aryl methyl sites for hydroxylation is 1. The number of esters is 2. The molecule has 7 nitrogen and oxygen atoms in total. The van der Waals surface area contributed by atoms with E-state index in [0.717, 1.165) is 27.8 Å². The van der Waals surface area contributed by atoms with Crippen molar-refractivity contribution in [3.05, 3.63) is 131 Å². The monoisotopic (exact) mass is 574 g/mol. The highest BCUT2D eigenvalue weighted by Gasteiger charge is 2.51. The van der Waals surface area contributed by atoms with Gasteiger partial charge in [-0.3, -0.25) is 9.59 Å². The van der Waals surface area contributed by atoms with Gasteiger partial charge in [0.15, 0.2) is 5.41 Å². The third-order valence-corrected chi connectivity index (χ3v) is 8.33. The molecule has 216 valence electrons. The average molecular weight is 575 g/mol. The van der Waals surface area contributed by atoms with E-state index in [0.29, 0.717) is 17.7 Å². The molecule has 0 radical (unpaired) electrons. The summed E-state index contributed by atoms with van der Waals surface area (Å²) in [4.78, 5) is 39.2. The molecule has 0 fully saturated rings. The van der Waals surface area contributed by atoms with Crippen LogP contribution in [0.25, 0.3) is 11.1 Å². The van der Waals surface area contributed by atoms with Crippen molar-refractivity contribution in [2.24, 2.45) is 5.41 Å². The minimum Gasteiger partial charge on any atom is -0.480 e. The molecule has 0 amide bonds. The van der Waals surface area contributed by atoms with E-state index in [1.165, 1.54) is 6.08 Å². The third kappa shape index (κ3) is 5.07. The third-order valence-electron chi connectivity index (χ3n) is 8.33. The lowest BCUT2D eigenvalue weighted by Gasteiger charge is -2.33. The van der Waals surface area contributed by atoms with Crippen LogP contribution in [0.1, 0.15) is 45.0 Å². The first-order chi connectivity index (χ1) is 20.9. The second-order valence-corrected chi connectivity index (χ2v) is 10.8. The summed E-state index contributed by atoms with van der Waals surface area (Å²) < 4.78 is 17.3. The second kappa shape index (κ2) is 11.6. The maximum absolute atomic E-state index is 13.8. The van der Waals surface area contributed by atoms with Crippen LogP contribution in [0.2, 0.25) is 0 Å². The van der Waals surface area contributed by atoms with E-state index in [1.54, 1.807) is 30.3 Å². The summed E-state index contributed by atoms with van der Waals surface area (Å²) in [7, 11) is 0. The first kappa shape index (κ1) is 28.0. The standard InChI is InChI=1S/C36H30O7/c1-2-20-41-33(37)28-15-7-8-16-31(28)43-32-17-9-10-23-18-19-36(34(38)39,21-29(23)32)35(40)42-22-30-26-13-5-3-11-24(26)25-12-4-6-14-27(25)30/h2-17,30H,1,18-22H2,(H,38,39)/t36-/m0/s1. The van der Waals surface area contributed by atoms with E-state index < -0.39 is 23.3 Å². The Hall–Kier alpha value is -5.17. The van der Waals surface area contributed by atoms with Gasteiger partial charge in [-0.25, -0.2) is 4.79 Å². The van der Waals surface area contributed by atoms with Gasteiger partial charge in [0.2, 0.25) is 0 Å². The highest BCUT2D eigenvalue weighted by atomic mass is 16.5. The highest BCUT2D eigenvalue weighted by Crippen LogP contribution is 2.46. The van der Waals surface area contributed by atoms with Crippen LogP contribution in [-0.4, -0.2) is 36.2 Å². The fraction of sp³-hybridized carbons (Fsp3) is 0.194. The maximum Gasteiger partial charge on any atom is 0.342 e. The van der Waals surface area contributed by atoms with Gasteiger partial charge >= 0.3 is 17.9 Å². The molecule has 2 aliphatic carbocycles. The minimum atomic E-state index is -1.79. The molecule has 4 aromatic carbocycles. The van der Waals surface area contributed by atoms with E-state index in [4.69, 9.17) is 14.2 Å². The van der Waals surface area contributed by atoms with Gasteiger partial charge in [-0.15, -0.1) is 0 Å². The molecule has 7 heteroatoms. The Morgan fingerprint density at radius 1 is 0.837 bits per heavy atom. The van der Waals surface area contributed by atoms with E-state index in [2.05, 4.69) is 6.58 Å². The molecule has 0 spiro atoms. The number of carbonyl (C=O) groups is 3. The zero-order valence-corrected chi connectivity index (χ0v) is 23.5. The normalized spacial score (nSPS) is 16.7. The van der Waals surface area contributed by atoms with Crippen molar-refractivity contribution in [1.82, 2.24) is 0 Å². The van der Waals surface area contributed by atoms with Gasteiger partial charge in [0.1, 0.15) is 30.3 Å². The number of fused-ring (bicyclic) bond motifs is 4. The van der Waals surface area contributed by atoms with Crippen molar-refractivity contribution in [3.8, 4) is 22.6 Å². The summed E-state index contributed by atoms with van der Waals surface area (Å²) in [6.07, 6.45) is 1.82. The Labute approximate surface area is 249 Å². The Kier molecular flexibility index (Phi) is 7.55. The van der Waals surface area contributed by atoms with Crippen LogP contribution in [-0.2, 0) is 31.9 Å². The van der Waals surface area contributed by atoms with Gasteiger partial charge in [-0.2, -0.15) is 0 Å². The number of hydrogen-bond acceptors (Lipinski definition) is 6. The van der Waals surface area contributed by atoms with Crippen molar-refractivity contribution in [2.45, 2.75) is 25.2 Å². The second-order valence-electron chi connectivity index (χ2n) is 10.8. The molecule has 0 heterocycles. The molecule has 0 saturated carbocycles. The topological polar surface area (TPSA) is 99.1 Å².